The molecule has 0 fully saturated rings. The van der Waals surface area contributed by atoms with Crippen molar-refractivity contribution in [2.45, 2.75) is 19.4 Å². The van der Waals surface area contributed by atoms with Gasteiger partial charge in [-0.05, 0) is 38.1 Å². The molecular weight excluding hydrogens is 271 g/mol. The third-order valence-electron chi connectivity index (χ3n) is 2.87. The van der Waals surface area contributed by atoms with Gasteiger partial charge in [-0.2, -0.15) is 0 Å². The van der Waals surface area contributed by atoms with Crippen LogP contribution < -0.4 is 5.32 Å². The number of halogens is 2. The maximum atomic E-state index is 13.4. The highest BCUT2D eigenvalue weighted by Gasteiger charge is 2.15. The molecule has 1 heterocycles. The van der Waals surface area contributed by atoms with Crippen molar-refractivity contribution in [2.24, 2.45) is 0 Å². The summed E-state index contributed by atoms with van der Waals surface area (Å²) in [6.45, 7) is 1.98. The van der Waals surface area contributed by atoms with Crippen molar-refractivity contribution in [3.05, 3.63) is 50.7 Å². The Morgan fingerprint density at radius 3 is 2.83 bits per heavy atom. The average molecular weight is 285 g/mol. The SMILES string of the molecule is CNC(Cc1ccc(Cl)c(F)c1)c1scnc1C. The van der Waals surface area contributed by atoms with E-state index in [9.17, 15) is 4.39 Å². The molecule has 0 spiro atoms. The van der Waals surface area contributed by atoms with Crippen molar-refractivity contribution in [3.8, 4) is 0 Å². The number of hydrogen-bond acceptors (Lipinski definition) is 3. The molecule has 1 atom stereocenters. The van der Waals surface area contributed by atoms with E-state index in [1.165, 1.54) is 10.9 Å². The van der Waals surface area contributed by atoms with Crippen molar-refractivity contribution >= 4 is 22.9 Å². The first-order valence-electron chi connectivity index (χ1n) is 5.63. The largest absolute Gasteiger partial charge is 0.312 e. The number of aryl methyl sites for hydroxylation is 1. The van der Waals surface area contributed by atoms with E-state index in [-0.39, 0.29) is 16.9 Å². The third-order valence-corrected chi connectivity index (χ3v) is 4.22. The molecule has 0 aliphatic rings. The lowest BCUT2D eigenvalue weighted by atomic mass is 10.0. The first-order chi connectivity index (χ1) is 8.61. The molecule has 2 rings (SSSR count). The smallest absolute Gasteiger partial charge is 0.142 e. The van der Waals surface area contributed by atoms with Crippen molar-refractivity contribution in [1.29, 1.82) is 0 Å². The molecule has 0 aliphatic carbocycles. The molecule has 18 heavy (non-hydrogen) atoms. The number of likely N-dealkylation sites (N-methyl/N-ethyl adjacent to an activating group) is 1. The van der Waals surface area contributed by atoms with Crippen LogP contribution in [0, 0.1) is 12.7 Å². The Labute approximate surface area is 115 Å². The Kier molecular flexibility index (Phi) is 4.32. The van der Waals surface area contributed by atoms with Crippen molar-refractivity contribution in [3.63, 3.8) is 0 Å². The van der Waals surface area contributed by atoms with Gasteiger partial charge < -0.3 is 5.32 Å². The number of rotatable bonds is 4. The summed E-state index contributed by atoms with van der Waals surface area (Å²) in [6.07, 6.45) is 0.716. The topological polar surface area (TPSA) is 24.9 Å². The Morgan fingerprint density at radius 2 is 2.28 bits per heavy atom. The standard InChI is InChI=1S/C13H14ClFN2S/c1-8-13(18-7-17-8)12(16-2)6-9-3-4-10(14)11(15)5-9/h3-5,7,12,16H,6H2,1-2H3. The summed E-state index contributed by atoms with van der Waals surface area (Å²) in [4.78, 5) is 5.43. The van der Waals surface area contributed by atoms with Crippen molar-refractivity contribution < 1.29 is 4.39 Å². The monoisotopic (exact) mass is 284 g/mol. The van der Waals surface area contributed by atoms with Crippen LogP contribution in [-0.2, 0) is 6.42 Å². The average Bonchev–Trinajstić information content (AvgIpc) is 2.77. The number of nitrogens with zero attached hydrogens (tertiary/aromatic N) is 1. The van der Waals surface area contributed by atoms with E-state index in [1.807, 2.05) is 25.5 Å². The molecule has 1 N–H and O–H groups in total. The molecular formula is C13H14ClFN2S. The zero-order valence-electron chi connectivity index (χ0n) is 10.2. The number of nitrogens with one attached hydrogen (secondary N) is 1. The predicted molar refractivity (Wildman–Crippen MR) is 73.8 cm³/mol. The lowest BCUT2D eigenvalue weighted by molar-refractivity contribution is 0.589. The van der Waals surface area contributed by atoms with Gasteiger partial charge in [0.15, 0.2) is 0 Å². The first-order valence-corrected chi connectivity index (χ1v) is 6.88. The predicted octanol–water partition coefficient (Wildman–Crippen LogP) is 3.75. The fourth-order valence-electron chi connectivity index (χ4n) is 1.87. The summed E-state index contributed by atoms with van der Waals surface area (Å²) >= 11 is 7.29. The van der Waals surface area contributed by atoms with E-state index in [0.29, 0.717) is 6.42 Å². The van der Waals surface area contributed by atoms with Gasteiger partial charge in [-0.15, -0.1) is 11.3 Å². The molecule has 1 aromatic heterocycles. The van der Waals surface area contributed by atoms with E-state index in [2.05, 4.69) is 10.3 Å². The van der Waals surface area contributed by atoms with E-state index < -0.39 is 0 Å². The normalized spacial score (nSPS) is 12.7. The number of hydrogen-bond donors (Lipinski definition) is 1. The summed E-state index contributed by atoms with van der Waals surface area (Å²) in [6, 6.07) is 5.09. The van der Waals surface area contributed by atoms with Gasteiger partial charge in [-0.3, -0.25) is 0 Å². The van der Waals surface area contributed by atoms with Gasteiger partial charge >= 0.3 is 0 Å². The fourth-order valence-corrected chi connectivity index (χ4v) is 2.90. The molecule has 0 bridgehead atoms. The van der Waals surface area contributed by atoms with Crippen LogP contribution in [0.25, 0.3) is 0 Å². The minimum atomic E-state index is -0.370. The highest BCUT2D eigenvalue weighted by molar-refractivity contribution is 7.09. The first kappa shape index (κ1) is 13.5. The van der Waals surface area contributed by atoms with Crippen LogP contribution in [0.2, 0.25) is 5.02 Å². The van der Waals surface area contributed by atoms with Crippen LogP contribution in [0.5, 0.6) is 0 Å². The molecule has 96 valence electrons. The highest BCUT2D eigenvalue weighted by atomic mass is 35.5. The zero-order chi connectivity index (χ0) is 13.1. The quantitative estimate of drug-likeness (QED) is 0.925. The van der Waals surface area contributed by atoms with Crippen molar-refractivity contribution in [2.75, 3.05) is 7.05 Å². The summed E-state index contributed by atoms with van der Waals surface area (Å²) in [7, 11) is 1.90. The minimum absolute atomic E-state index is 0.151. The number of aromatic nitrogens is 1. The zero-order valence-corrected chi connectivity index (χ0v) is 11.8. The Balaban J connectivity index is 2.20. The van der Waals surface area contributed by atoms with Gasteiger partial charge in [-0.25, -0.2) is 9.37 Å². The molecule has 1 aromatic carbocycles. The molecule has 5 heteroatoms. The van der Waals surface area contributed by atoms with Gasteiger partial charge in [0.2, 0.25) is 0 Å². The van der Waals surface area contributed by atoms with Gasteiger partial charge in [0.05, 0.1) is 16.2 Å². The van der Waals surface area contributed by atoms with E-state index in [0.717, 1.165) is 11.3 Å². The Morgan fingerprint density at radius 1 is 1.50 bits per heavy atom. The van der Waals surface area contributed by atoms with Crippen LogP contribution in [-0.4, -0.2) is 12.0 Å². The van der Waals surface area contributed by atoms with Crippen LogP contribution in [0.3, 0.4) is 0 Å². The second-order valence-electron chi connectivity index (χ2n) is 4.10. The van der Waals surface area contributed by atoms with Gasteiger partial charge in [0.1, 0.15) is 5.82 Å². The molecule has 0 radical (unpaired) electrons. The second kappa shape index (κ2) is 5.78. The highest BCUT2D eigenvalue weighted by Crippen LogP contribution is 2.26. The van der Waals surface area contributed by atoms with Gasteiger partial charge in [0, 0.05) is 10.9 Å². The Bertz CT molecular complexity index is 542. The molecule has 0 saturated heterocycles. The van der Waals surface area contributed by atoms with E-state index in [1.54, 1.807) is 17.4 Å². The fraction of sp³-hybridized carbons (Fsp3) is 0.308. The summed E-state index contributed by atoms with van der Waals surface area (Å²) < 4.78 is 13.4. The van der Waals surface area contributed by atoms with Crippen LogP contribution in [0.15, 0.2) is 23.7 Å². The van der Waals surface area contributed by atoms with Crippen LogP contribution >= 0.6 is 22.9 Å². The maximum Gasteiger partial charge on any atom is 0.142 e. The maximum absolute atomic E-state index is 13.4. The Hall–Kier alpha value is -0.970. The van der Waals surface area contributed by atoms with Crippen LogP contribution in [0.1, 0.15) is 22.2 Å². The molecule has 2 aromatic rings. The molecule has 1 unspecified atom stereocenters. The molecule has 0 amide bonds. The van der Waals surface area contributed by atoms with E-state index in [4.69, 9.17) is 11.6 Å². The molecule has 2 nitrogen and oxygen atoms in total. The van der Waals surface area contributed by atoms with E-state index >= 15 is 0 Å². The van der Waals surface area contributed by atoms with Gasteiger partial charge in [-0.1, -0.05) is 17.7 Å². The summed E-state index contributed by atoms with van der Waals surface area (Å²) in [5.41, 5.74) is 3.77. The number of thiazole rings is 1. The van der Waals surface area contributed by atoms with Gasteiger partial charge in [0.25, 0.3) is 0 Å². The number of benzene rings is 1. The second-order valence-corrected chi connectivity index (χ2v) is 5.39. The molecule has 0 saturated carbocycles. The van der Waals surface area contributed by atoms with Crippen molar-refractivity contribution in [1.82, 2.24) is 10.3 Å². The minimum Gasteiger partial charge on any atom is -0.312 e. The molecule has 0 aliphatic heterocycles. The third kappa shape index (κ3) is 2.88. The van der Waals surface area contributed by atoms with Crippen LogP contribution in [0.4, 0.5) is 4.39 Å². The summed E-state index contributed by atoms with van der Waals surface area (Å²) in [5.74, 6) is -0.370. The lowest BCUT2D eigenvalue weighted by Gasteiger charge is -2.15. The lowest BCUT2D eigenvalue weighted by Crippen LogP contribution is -2.18. The summed E-state index contributed by atoms with van der Waals surface area (Å²) in [5, 5.41) is 3.40.